The summed E-state index contributed by atoms with van der Waals surface area (Å²) in [6.45, 7) is 6.52. The Kier molecular flexibility index (Phi) is 11.4. The van der Waals surface area contributed by atoms with E-state index in [1.165, 1.54) is 0 Å². The third-order valence-corrected chi connectivity index (χ3v) is 5.75. The zero-order valence-corrected chi connectivity index (χ0v) is 21.2. The van der Waals surface area contributed by atoms with Gasteiger partial charge in [-0.3, -0.25) is 9.59 Å². The number of carbonyl (C=O) groups excluding carboxylic acids is 2. The van der Waals surface area contributed by atoms with Crippen molar-refractivity contribution < 1.29 is 23.1 Å². The molecule has 2 aromatic carbocycles. The molecule has 0 aliphatic heterocycles. The summed E-state index contributed by atoms with van der Waals surface area (Å²) in [5.41, 5.74) is 13.0. The first-order chi connectivity index (χ1) is 17.0. The van der Waals surface area contributed by atoms with Crippen LogP contribution in [-0.4, -0.2) is 49.7 Å². The Bertz CT molecular complexity index is 988. The van der Waals surface area contributed by atoms with Gasteiger partial charge in [-0.15, -0.1) is 0 Å². The number of halogens is 2. The number of nitrogens with two attached hydrogens (primary N) is 2. The second-order valence-electron chi connectivity index (χ2n) is 9.79. The van der Waals surface area contributed by atoms with Crippen molar-refractivity contribution >= 4 is 11.8 Å². The van der Waals surface area contributed by atoms with Gasteiger partial charge >= 0.3 is 0 Å². The van der Waals surface area contributed by atoms with Crippen LogP contribution < -0.4 is 22.1 Å². The van der Waals surface area contributed by atoms with Crippen LogP contribution in [0.3, 0.4) is 0 Å². The monoisotopic (exact) mass is 504 g/mol. The fraction of sp³-hybridized carbons (Fsp3) is 0.481. The second-order valence-corrected chi connectivity index (χ2v) is 9.79. The molecule has 0 radical (unpaired) electrons. The van der Waals surface area contributed by atoms with Crippen LogP contribution in [-0.2, 0) is 27.2 Å². The van der Waals surface area contributed by atoms with Crippen LogP contribution in [0.4, 0.5) is 8.78 Å². The molecule has 36 heavy (non-hydrogen) atoms. The van der Waals surface area contributed by atoms with Gasteiger partial charge in [-0.05, 0) is 54.5 Å². The Morgan fingerprint density at radius 1 is 1.00 bits per heavy atom. The molecule has 198 valence electrons. The van der Waals surface area contributed by atoms with Gasteiger partial charge in [0.15, 0.2) is 6.10 Å². The van der Waals surface area contributed by atoms with E-state index in [1.54, 1.807) is 0 Å². The summed E-state index contributed by atoms with van der Waals surface area (Å²) in [6, 6.07) is 11.6. The number of nitrogens with one attached hydrogen (secondary N) is 2. The Hall–Kier alpha value is -2.88. The van der Waals surface area contributed by atoms with Crippen molar-refractivity contribution in [2.75, 3.05) is 19.7 Å². The van der Waals surface area contributed by atoms with Crippen molar-refractivity contribution in [1.82, 2.24) is 10.6 Å². The first-order valence-electron chi connectivity index (χ1n) is 12.2. The van der Waals surface area contributed by atoms with E-state index < -0.39 is 35.2 Å². The summed E-state index contributed by atoms with van der Waals surface area (Å²) in [5.74, 6) is -1.73. The van der Waals surface area contributed by atoms with E-state index in [1.807, 2.05) is 51.1 Å². The van der Waals surface area contributed by atoms with Crippen molar-refractivity contribution in [3.05, 3.63) is 71.3 Å². The van der Waals surface area contributed by atoms with Crippen LogP contribution >= 0.6 is 0 Å². The van der Waals surface area contributed by atoms with Crippen molar-refractivity contribution in [2.45, 2.75) is 58.2 Å². The van der Waals surface area contributed by atoms with Crippen molar-refractivity contribution in [3.8, 4) is 0 Å². The van der Waals surface area contributed by atoms with E-state index in [0.717, 1.165) is 23.8 Å². The normalized spacial score (nSPS) is 14.1. The molecule has 3 unspecified atom stereocenters. The van der Waals surface area contributed by atoms with Gasteiger partial charge in [0.05, 0.1) is 0 Å². The summed E-state index contributed by atoms with van der Waals surface area (Å²) in [7, 11) is 0. The number of hydrogen-bond donors (Lipinski definition) is 4. The van der Waals surface area contributed by atoms with Gasteiger partial charge in [-0.1, -0.05) is 44.2 Å². The Morgan fingerprint density at radius 2 is 1.67 bits per heavy atom. The molecular formula is C27H38F2N4O3. The summed E-state index contributed by atoms with van der Waals surface area (Å²) >= 11 is 0. The zero-order valence-electron chi connectivity index (χ0n) is 21.2. The lowest BCUT2D eigenvalue weighted by Crippen LogP contribution is -2.51. The summed E-state index contributed by atoms with van der Waals surface area (Å²) in [6.07, 6.45) is -0.308. The maximum Gasteiger partial charge on any atom is 0.250 e. The number of hydrogen-bond acceptors (Lipinski definition) is 5. The van der Waals surface area contributed by atoms with Crippen LogP contribution in [0.2, 0.25) is 0 Å². The van der Waals surface area contributed by atoms with E-state index in [0.29, 0.717) is 13.0 Å². The molecule has 0 aliphatic carbocycles. The predicted octanol–water partition coefficient (Wildman–Crippen LogP) is 2.46. The smallest absolute Gasteiger partial charge is 0.250 e. The van der Waals surface area contributed by atoms with Gasteiger partial charge in [-0.25, -0.2) is 8.78 Å². The Morgan fingerprint density at radius 3 is 2.33 bits per heavy atom. The summed E-state index contributed by atoms with van der Waals surface area (Å²) < 4.78 is 32.8. The van der Waals surface area contributed by atoms with Crippen molar-refractivity contribution in [3.63, 3.8) is 0 Å². The topological polar surface area (TPSA) is 119 Å². The van der Waals surface area contributed by atoms with Crippen LogP contribution in [0.1, 0.15) is 38.3 Å². The molecule has 9 heteroatoms. The van der Waals surface area contributed by atoms with Crippen LogP contribution in [0.15, 0.2) is 48.5 Å². The van der Waals surface area contributed by atoms with Gasteiger partial charge in [0, 0.05) is 38.2 Å². The molecule has 2 rings (SSSR count). The number of benzene rings is 2. The molecule has 3 atom stereocenters. The number of ether oxygens (including phenoxy) is 1. The number of rotatable bonds is 14. The minimum Gasteiger partial charge on any atom is -0.367 e. The Balaban J connectivity index is 1.81. The lowest BCUT2D eigenvalue weighted by molar-refractivity contribution is -0.134. The number of amides is 2. The molecule has 0 fully saturated rings. The molecular weight excluding hydrogens is 466 g/mol. The van der Waals surface area contributed by atoms with E-state index in [9.17, 15) is 18.4 Å². The van der Waals surface area contributed by atoms with Crippen LogP contribution in [0.5, 0.6) is 0 Å². The molecule has 7 nitrogen and oxygen atoms in total. The van der Waals surface area contributed by atoms with Crippen molar-refractivity contribution in [2.24, 2.45) is 16.9 Å². The molecule has 0 saturated heterocycles. The standard InChI is InChI=1S/C27H38F2N4O3/c1-4-36-25(23(31)12-18-8-6-5-7-9-18)26(35)33-17-27(2,3)16-32-24(34)15-21(30)14-19-13-20(28)10-11-22(19)29/h5-11,13,21,23,25H,4,12,14-17,30-31H2,1-3H3,(H,32,34)(H,33,35). The van der Waals surface area contributed by atoms with E-state index >= 15 is 0 Å². The lowest BCUT2D eigenvalue weighted by atomic mass is 9.92. The highest BCUT2D eigenvalue weighted by Crippen LogP contribution is 2.15. The molecule has 0 spiro atoms. The largest absolute Gasteiger partial charge is 0.367 e. The molecule has 0 aromatic heterocycles. The SMILES string of the molecule is CCOC(C(=O)NCC(C)(C)CNC(=O)CC(N)Cc1cc(F)ccc1F)C(N)Cc1ccccc1. The van der Waals surface area contributed by atoms with E-state index in [2.05, 4.69) is 10.6 Å². The molecule has 0 heterocycles. The minimum absolute atomic E-state index is 0.0402. The lowest BCUT2D eigenvalue weighted by Gasteiger charge is -2.28. The van der Waals surface area contributed by atoms with Crippen molar-refractivity contribution in [1.29, 1.82) is 0 Å². The van der Waals surface area contributed by atoms with E-state index in [4.69, 9.17) is 16.2 Å². The summed E-state index contributed by atoms with van der Waals surface area (Å²) in [5, 5.41) is 5.69. The van der Waals surface area contributed by atoms with E-state index in [-0.39, 0.29) is 43.3 Å². The first kappa shape index (κ1) is 29.4. The van der Waals surface area contributed by atoms with Crippen LogP contribution in [0, 0.1) is 17.0 Å². The highest BCUT2D eigenvalue weighted by Gasteiger charge is 2.28. The molecule has 2 aromatic rings. The van der Waals surface area contributed by atoms with Gasteiger partial charge in [0.1, 0.15) is 11.6 Å². The zero-order chi connectivity index (χ0) is 26.7. The molecule has 2 amide bonds. The maximum atomic E-state index is 13.8. The van der Waals surface area contributed by atoms with Gasteiger partial charge in [0.2, 0.25) is 5.91 Å². The fourth-order valence-corrected chi connectivity index (χ4v) is 3.76. The van der Waals surface area contributed by atoms with Gasteiger partial charge in [0.25, 0.3) is 5.91 Å². The van der Waals surface area contributed by atoms with Gasteiger partial charge < -0.3 is 26.8 Å². The molecule has 0 aliphatic rings. The van der Waals surface area contributed by atoms with Gasteiger partial charge in [-0.2, -0.15) is 0 Å². The Labute approximate surface area is 212 Å². The van der Waals surface area contributed by atoms with Crippen LogP contribution in [0.25, 0.3) is 0 Å². The highest BCUT2D eigenvalue weighted by molar-refractivity contribution is 5.81. The predicted molar refractivity (Wildman–Crippen MR) is 136 cm³/mol. The third kappa shape index (κ3) is 10.0. The third-order valence-electron chi connectivity index (χ3n) is 5.75. The average molecular weight is 505 g/mol. The first-order valence-corrected chi connectivity index (χ1v) is 12.2. The average Bonchev–Trinajstić information content (AvgIpc) is 2.82. The minimum atomic E-state index is -0.804. The second kappa shape index (κ2) is 14.0. The molecule has 6 N–H and O–H groups in total. The molecule has 0 saturated carbocycles. The fourth-order valence-electron chi connectivity index (χ4n) is 3.76. The summed E-state index contributed by atoms with van der Waals surface area (Å²) in [4.78, 5) is 25.2. The number of carbonyl (C=O) groups is 2. The highest BCUT2D eigenvalue weighted by atomic mass is 19.1. The maximum absolute atomic E-state index is 13.8. The quantitative estimate of drug-likeness (QED) is 0.315. The molecule has 0 bridgehead atoms.